The molecular weight excluding hydrogens is 188 g/mol. The zero-order valence-electron chi connectivity index (χ0n) is 7.17. The highest BCUT2D eigenvalue weighted by atomic mass is 16.4. The maximum atomic E-state index is 11.2. The smallest absolute Gasteiger partial charge is 0.305 e. The molecule has 0 saturated carbocycles. The molecule has 0 unspecified atom stereocenters. The van der Waals surface area contributed by atoms with Crippen molar-refractivity contribution in [2.45, 2.75) is 6.42 Å². The summed E-state index contributed by atoms with van der Waals surface area (Å²) in [6.07, 6.45) is 2.54. The van der Waals surface area contributed by atoms with Crippen molar-refractivity contribution in [3.63, 3.8) is 0 Å². The number of nitrogens with zero attached hydrogens (tertiary/aromatic N) is 3. The molecule has 0 radical (unpaired) electrons. The molecule has 74 valence electrons. The predicted octanol–water partition coefficient (Wildman–Crippen LogP) is -0.924. The summed E-state index contributed by atoms with van der Waals surface area (Å²) in [5.41, 5.74) is 0. The minimum absolute atomic E-state index is 0.0480. The standard InChI is InChI=1S/C7H8N4O3/c12-5(13)1-2-9-7(14)6-8-3-4-10-11-6/h3-4H,1-2H2,(H,9,14)(H,12,13). The van der Waals surface area contributed by atoms with Gasteiger partial charge in [-0.2, -0.15) is 5.10 Å². The van der Waals surface area contributed by atoms with E-state index < -0.39 is 11.9 Å². The van der Waals surface area contributed by atoms with Crippen LogP contribution in [-0.2, 0) is 4.79 Å². The molecule has 0 aliphatic carbocycles. The number of carboxylic acid groups (broad SMARTS) is 1. The maximum Gasteiger partial charge on any atom is 0.305 e. The van der Waals surface area contributed by atoms with Crippen LogP contribution in [0.15, 0.2) is 12.4 Å². The molecule has 0 saturated heterocycles. The molecule has 1 aromatic rings. The average Bonchev–Trinajstić information content (AvgIpc) is 2.18. The lowest BCUT2D eigenvalue weighted by Crippen LogP contribution is -2.27. The van der Waals surface area contributed by atoms with E-state index in [1.54, 1.807) is 0 Å². The van der Waals surface area contributed by atoms with E-state index in [0.29, 0.717) is 0 Å². The average molecular weight is 196 g/mol. The molecule has 0 aromatic carbocycles. The number of nitrogens with one attached hydrogen (secondary N) is 1. The molecule has 1 aromatic heterocycles. The molecular formula is C7H8N4O3. The zero-order valence-corrected chi connectivity index (χ0v) is 7.17. The Morgan fingerprint density at radius 2 is 2.21 bits per heavy atom. The van der Waals surface area contributed by atoms with Crippen LogP contribution in [0.5, 0.6) is 0 Å². The highest BCUT2D eigenvalue weighted by Gasteiger charge is 2.08. The van der Waals surface area contributed by atoms with Gasteiger partial charge in [-0.3, -0.25) is 9.59 Å². The first kappa shape index (κ1) is 10.0. The molecule has 0 aliphatic rings. The highest BCUT2D eigenvalue weighted by molar-refractivity contribution is 5.90. The molecule has 0 aliphatic heterocycles. The van der Waals surface area contributed by atoms with Crippen molar-refractivity contribution in [1.82, 2.24) is 20.5 Å². The summed E-state index contributed by atoms with van der Waals surface area (Å²) < 4.78 is 0. The van der Waals surface area contributed by atoms with Crippen molar-refractivity contribution >= 4 is 11.9 Å². The third kappa shape index (κ3) is 3.13. The van der Waals surface area contributed by atoms with Crippen molar-refractivity contribution in [3.8, 4) is 0 Å². The van der Waals surface area contributed by atoms with E-state index in [0.717, 1.165) is 0 Å². The molecule has 7 heteroatoms. The van der Waals surface area contributed by atoms with Crippen molar-refractivity contribution in [2.24, 2.45) is 0 Å². The number of hydrogen-bond donors (Lipinski definition) is 2. The second-order valence-electron chi connectivity index (χ2n) is 2.37. The molecule has 1 rings (SSSR count). The lowest BCUT2D eigenvalue weighted by atomic mass is 10.4. The summed E-state index contributed by atoms with van der Waals surface area (Å²) in [6, 6.07) is 0. The molecule has 7 nitrogen and oxygen atoms in total. The normalized spacial score (nSPS) is 9.43. The largest absolute Gasteiger partial charge is 0.481 e. The Kier molecular flexibility index (Phi) is 3.48. The third-order valence-electron chi connectivity index (χ3n) is 1.31. The third-order valence-corrected chi connectivity index (χ3v) is 1.31. The lowest BCUT2D eigenvalue weighted by molar-refractivity contribution is -0.136. The molecule has 0 atom stereocenters. The van der Waals surface area contributed by atoms with Crippen LogP contribution < -0.4 is 5.32 Å². The first-order valence-corrected chi connectivity index (χ1v) is 3.84. The monoisotopic (exact) mass is 196 g/mol. The van der Waals surface area contributed by atoms with Gasteiger partial charge in [-0.05, 0) is 0 Å². The molecule has 14 heavy (non-hydrogen) atoms. The summed E-state index contributed by atoms with van der Waals surface area (Å²) >= 11 is 0. The first-order chi connectivity index (χ1) is 6.70. The fourth-order valence-corrected chi connectivity index (χ4v) is 0.714. The first-order valence-electron chi connectivity index (χ1n) is 3.84. The topological polar surface area (TPSA) is 105 Å². The maximum absolute atomic E-state index is 11.2. The summed E-state index contributed by atoms with van der Waals surface area (Å²) in [7, 11) is 0. The lowest BCUT2D eigenvalue weighted by Gasteiger charge is -1.99. The Balaban J connectivity index is 2.40. The van der Waals surface area contributed by atoms with Gasteiger partial charge >= 0.3 is 5.97 Å². The number of rotatable bonds is 4. The van der Waals surface area contributed by atoms with Crippen LogP contribution in [0.3, 0.4) is 0 Å². The van der Waals surface area contributed by atoms with Gasteiger partial charge < -0.3 is 10.4 Å². The number of carbonyl (C=O) groups is 2. The number of aromatic nitrogens is 3. The van der Waals surface area contributed by atoms with Crippen LogP contribution in [0.2, 0.25) is 0 Å². The van der Waals surface area contributed by atoms with Gasteiger partial charge in [-0.25, -0.2) is 4.98 Å². The van der Waals surface area contributed by atoms with E-state index in [1.165, 1.54) is 12.4 Å². The Labute approximate surface area is 79.2 Å². The minimum atomic E-state index is -0.975. The van der Waals surface area contributed by atoms with Gasteiger partial charge in [0.1, 0.15) is 0 Å². The number of carboxylic acids is 1. The second-order valence-corrected chi connectivity index (χ2v) is 2.37. The Hall–Kier alpha value is -2.05. The van der Waals surface area contributed by atoms with Crippen LogP contribution >= 0.6 is 0 Å². The van der Waals surface area contributed by atoms with E-state index in [4.69, 9.17) is 5.11 Å². The Morgan fingerprint density at radius 1 is 1.43 bits per heavy atom. The zero-order chi connectivity index (χ0) is 10.4. The highest BCUT2D eigenvalue weighted by Crippen LogP contribution is 1.85. The van der Waals surface area contributed by atoms with Crippen LogP contribution in [0, 0.1) is 0 Å². The quantitative estimate of drug-likeness (QED) is 0.644. The van der Waals surface area contributed by atoms with Crippen LogP contribution in [0.1, 0.15) is 17.0 Å². The van der Waals surface area contributed by atoms with Gasteiger partial charge in [0.15, 0.2) is 0 Å². The van der Waals surface area contributed by atoms with Crippen LogP contribution in [0.4, 0.5) is 0 Å². The fraction of sp³-hybridized carbons (Fsp3) is 0.286. The van der Waals surface area contributed by atoms with E-state index >= 15 is 0 Å². The number of hydrogen-bond acceptors (Lipinski definition) is 5. The van der Waals surface area contributed by atoms with Gasteiger partial charge in [0.2, 0.25) is 5.82 Å². The Morgan fingerprint density at radius 3 is 2.79 bits per heavy atom. The molecule has 0 bridgehead atoms. The van der Waals surface area contributed by atoms with Crippen molar-refractivity contribution in [3.05, 3.63) is 18.2 Å². The van der Waals surface area contributed by atoms with Gasteiger partial charge in [0.05, 0.1) is 12.6 Å². The molecule has 2 N–H and O–H groups in total. The van der Waals surface area contributed by atoms with E-state index in [2.05, 4.69) is 20.5 Å². The fourth-order valence-electron chi connectivity index (χ4n) is 0.714. The number of aliphatic carboxylic acids is 1. The predicted molar refractivity (Wildman–Crippen MR) is 44.4 cm³/mol. The van der Waals surface area contributed by atoms with E-state index in [-0.39, 0.29) is 18.8 Å². The van der Waals surface area contributed by atoms with Gasteiger partial charge in [0.25, 0.3) is 5.91 Å². The van der Waals surface area contributed by atoms with Crippen molar-refractivity contribution in [2.75, 3.05) is 6.54 Å². The van der Waals surface area contributed by atoms with Gasteiger partial charge in [-0.15, -0.1) is 5.10 Å². The van der Waals surface area contributed by atoms with Crippen LogP contribution in [0.25, 0.3) is 0 Å². The van der Waals surface area contributed by atoms with Crippen LogP contribution in [-0.4, -0.2) is 38.7 Å². The summed E-state index contributed by atoms with van der Waals surface area (Å²) in [4.78, 5) is 24.9. The minimum Gasteiger partial charge on any atom is -0.481 e. The summed E-state index contributed by atoms with van der Waals surface area (Å²) in [6.45, 7) is 0.0480. The van der Waals surface area contributed by atoms with E-state index in [9.17, 15) is 9.59 Å². The molecule has 0 spiro atoms. The van der Waals surface area contributed by atoms with E-state index in [1.807, 2.05) is 0 Å². The number of carbonyl (C=O) groups excluding carboxylic acids is 1. The Bertz CT molecular complexity index is 327. The summed E-state index contributed by atoms with van der Waals surface area (Å²) in [5, 5.41) is 17.6. The van der Waals surface area contributed by atoms with Crippen molar-refractivity contribution < 1.29 is 14.7 Å². The second kappa shape index (κ2) is 4.85. The summed E-state index contributed by atoms with van der Waals surface area (Å²) in [5.74, 6) is -1.57. The van der Waals surface area contributed by atoms with Gasteiger partial charge in [0, 0.05) is 12.7 Å². The SMILES string of the molecule is O=C(O)CCNC(=O)c1nccnn1. The molecule has 1 heterocycles. The number of amides is 1. The molecule has 1 amide bonds. The van der Waals surface area contributed by atoms with Crippen molar-refractivity contribution in [1.29, 1.82) is 0 Å². The molecule has 0 fully saturated rings. The van der Waals surface area contributed by atoms with Gasteiger partial charge in [-0.1, -0.05) is 0 Å².